The topological polar surface area (TPSA) is 69.9 Å². The number of anilines is 1. The lowest BCUT2D eigenvalue weighted by atomic mass is 9.90. The molecule has 0 aromatic heterocycles. The minimum Gasteiger partial charge on any atom is -0.366 e. The molecular formula is C20H31Cl2FN4O2. The maximum absolute atomic E-state index is 14.3. The summed E-state index contributed by atoms with van der Waals surface area (Å²) in [4.78, 5) is 30.0. The number of hydrogen-bond acceptors (Lipinski definition) is 5. The van der Waals surface area contributed by atoms with Gasteiger partial charge < -0.3 is 15.5 Å². The average Bonchev–Trinajstić information content (AvgIpc) is 3.03. The van der Waals surface area contributed by atoms with Gasteiger partial charge in [-0.1, -0.05) is 6.92 Å². The first-order valence-corrected chi connectivity index (χ1v) is 9.57. The molecule has 2 aliphatic heterocycles. The molecule has 0 radical (unpaired) electrons. The van der Waals surface area contributed by atoms with Gasteiger partial charge in [-0.05, 0) is 50.0 Å². The van der Waals surface area contributed by atoms with E-state index in [0.717, 1.165) is 19.5 Å². The van der Waals surface area contributed by atoms with Crippen LogP contribution in [0, 0.1) is 11.2 Å². The second-order valence-electron chi connectivity index (χ2n) is 8.07. The number of benzene rings is 1. The number of piperazine rings is 1. The van der Waals surface area contributed by atoms with Crippen molar-refractivity contribution in [3.8, 4) is 0 Å². The predicted octanol–water partition coefficient (Wildman–Crippen LogP) is 2.19. The molecule has 0 bridgehead atoms. The van der Waals surface area contributed by atoms with Gasteiger partial charge in [0.1, 0.15) is 5.82 Å². The van der Waals surface area contributed by atoms with Crippen molar-refractivity contribution in [2.75, 3.05) is 57.3 Å². The molecule has 1 amide bonds. The van der Waals surface area contributed by atoms with Crippen molar-refractivity contribution < 1.29 is 14.0 Å². The SMILES string of the molecule is CC(=O)c1ccc(N2CCN(C(=O)CN3CCC(C)(CN)C3)CC2)c(F)c1.Cl.Cl. The maximum atomic E-state index is 14.3. The first-order chi connectivity index (χ1) is 12.8. The maximum Gasteiger partial charge on any atom is 0.236 e. The lowest BCUT2D eigenvalue weighted by Crippen LogP contribution is -2.51. The quantitative estimate of drug-likeness (QED) is 0.699. The molecular weight excluding hydrogens is 418 g/mol. The van der Waals surface area contributed by atoms with E-state index in [0.29, 0.717) is 50.5 Å². The average molecular weight is 449 g/mol. The van der Waals surface area contributed by atoms with Gasteiger partial charge in [-0.15, -0.1) is 24.8 Å². The molecule has 2 saturated heterocycles. The Balaban J connectivity index is 0.00000210. The van der Waals surface area contributed by atoms with Crippen LogP contribution in [-0.4, -0.2) is 73.8 Å². The normalized spacial score (nSPS) is 22.1. The van der Waals surface area contributed by atoms with Crippen molar-refractivity contribution >= 4 is 42.2 Å². The lowest BCUT2D eigenvalue weighted by Gasteiger charge is -2.37. The smallest absolute Gasteiger partial charge is 0.236 e. The summed E-state index contributed by atoms with van der Waals surface area (Å²) < 4.78 is 14.3. The van der Waals surface area contributed by atoms with Gasteiger partial charge in [0.15, 0.2) is 5.78 Å². The Morgan fingerprint density at radius 1 is 1.14 bits per heavy atom. The molecule has 1 aromatic carbocycles. The van der Waals surface area contributed by atoms with Crippen LogP contribution in [0.1, 0.15) is 30.6 Å². The van der Waals surface area contributed by atoms with E-state index in [9.17, 15) is 14.0 Å². The second-order valence-corrected chi connectivity index (χ2v) is 8.07. The van der Waals surface area contributed by atoms with Crippen molar-refractivity contribution in [2.24, 2.45) is 11.1 Å². The molecule has 6 nitrogen and oxygen atoms in total. The highest BCUT2D eigenvalue weighted by Gasteiger charge is 2.34. The first-order valence-electron chi connectivity index (χ1n) is 9.57. The fraction of sp³-hybridized carbons (Fsp3) is 0.600. The summed E-state index contributed by atoms with van der Waals surface area (Å²) in [5.74, 6) is -0.410. The zero-order valence-corrected chi connectivity index (χ0v) is 18.7. The van der Waals surface area contributed by atoms with Crippen LogP contribution in [0.15, 0.2) is 18.2 Å². The molecule has 3 rings (SSSR count). The largest absolute Gasteiger partial charge is 0.366 e. The summed E-state index contributed by atoms with van der Waals surface area (Å²) in [6, 6.07) is 4.60. The van der Waals surface area contributed by atoms with Gasteiger partial charge in [0.2, 0.25) is 5.91 Å². The number of nitrogens with zero attached hydrogens (tertiary/aromatic N) is 3. The van der Waals surface area contributed by atoms with Crippen LogP contribution >= 0.6 is 24.8 Å². The number of ketones is 1. The van der Waals surface area contributed by atoms with Crippen LogP contribution in [0.3, 0.4) is 0 Å². The van der Waals surface area contributed by atoms with Crippen LogP contribution in [0.25, 0.3) is 0 Å². The molecule has 1 atom stereocenters. The minimum atomic E-state index is -0.388. The molecule has 2 N–H and O–H groups in total. The number of halogens is 3. The second kappa shape index (κ2) is 10.6. The Morgan fingerprint density at radius 3 is 2.31 bits per heavy atom. The third-order valence-corrected chi connectivity index (χ3v) is 5.82. The summed E-state index contributed by atoms with van der Waals surface area (Å²) in [5.41, 5.74) is 6.82. The molecule has 9 heteroatoms. The molecule has 1 unspecified atom stereocenters. The molecule has 164 valence electrons. The van der Waals surface area contributed by atoms with Gasteiger partial charge in [-0.25, -0.2) is 4.39 Å². The summed E-state index contributed by atoms with van der Waals surface area (Å²) in [6.45, 7) is 8.77. The molecule has 2 heterocycles. The van der Waals surface area contributed by atoms with Crippen LogP contribution in [-0.2, 0) is 4.79 Å². The third kappa shape index (κ3) is 6.04. The molecule has 0 saturated carbocycles. The van der Waals surface area contributed by atoms with E-state index in [1.807, 2.05) is 9.80 Å². The van der Waals surface area contributed by atoms with E-state index in [1.165, 1.54) is 13.0 Å². The Morgan fingerprint density at radius 2 is 1.79 bits per heavy atom. The van der Waals surface area contributed by atoms with Gasteiger partial charge >= 0.3 is 0 Å². The van der Waals surface area contributed by atoms with Gasteiger partial charge in [-0.2, -0.15) is 0 Å². The summed E-state index contributed by atoms with van der Waals surface area (Å²) in [7, 11) is 0. The summed E-state index contributed by atoms with van der Waals surface area (Å²) in [5, 5.41) is 0. The zero-order valence-electron chi connectivity index (χ0n) is 17.0. The highest BCUT2D eigenvalue weighted by atomic mass is 35.5. The van der Waals surface area contributed by atoms with E-state index < -0.39 is 0 Å². The van der Waals surface area contributed by atoms with E-state index in [4.69, 9.17) is 5.73 Å². The zero-order chi connectivity index (χ0) is 19.6. The van der Waals surface area contributed by atoms with Crippen molar-refractivity contribution in [1.29, 1.82) is 0 Å². The molecule has 29 heavy (non-hydrogen) atoms. The van der Waals surface area contributed by atoms with E-state index in [1.54, 1.807) is 12.1 Å². The highest BCUT2D eigenvalue weighted by molar-refractivity contribution is 5.94. The first kappa shape index (κ1) is 25.6. The van der Waals surface area contributed by atoms with E-state index >= 15 is 0 Å². The van der Waals surface area contributed by atoms with Crippen molar-refractivity contribution in [3.05, 3.63) is 29.6 Å². The number of Topliss-reactive ketones (excluding diaryl/α,β-unsaturated/α-hetero) is 1. The van der Waals surface area contributed by atoms with E-state index in [2.05, 4.69) is 11.8 Å². The molecule has 0 aliphatic carbocycles. The monoisotopic (exact) mass is 448 g/mol. The van der Waals surface area contributed by atoms with Gasteiger partial charge in [0.05, 0.1) is 12.2 Å². The molecule has 1 aromatic rings. The number of rotatable bonds is 5. The van der Waals surface area contributed by atoms with Crippen LogP contribution in [0.2, 0.25) is 0 Å². The van der Waals surface area contributed by atoms with Crippen molar-refractivity contribution in [1.82, 2.24) is 9.80 Å². The Labute approximate surface area is 184 Å². The van der Waals surface area contributed by atoms with E-state index in [-0.39, 0.29) is 47.7 Å². The molecule has 2 aliphatic rings. The van der Waals surface area contributed by atoms with Crippen LogP contribution < -0.4 is 10.6 Å². The Kier molecular flexibility index (Phi) is 9.34. The number of carbonyl (C=O) groups excluding carboxylic acids is 2. The number of hydrogen-bond donors (Lipinski definition) is 1. The summed E-state index contributed by atoms with van der Waals surface area (Å²) >= 11 is 0. The molecule has 2 fully saturated rings. The van der Waals surface area contributed by atoms with Crippen LogP contribution in [0.4, 0.5) is 10.1 Å². The fourth-order valence-electron chi connectivity index (χ4n) is 3.90. The number of likely N-dealkylation sites (tertiary alicyclic amines) is 1. The number of amides is 1. The number of carbonyl (C=O) groups is 2. The number of nitrogens with two attached hydrogens (primary N) is 1. The fourth-order valence-corrected chi connectivity index (χ4v) is 3.90. The van der Waals surface area contributed by atoms with Gasteiger partial charge in [0.25, 0.3) is 0 Å². The third-order valence-electron chi connectivity index (χ3n) is 5.82. The Bertz CT molecular complexity index is 728. The minimum absolute atomic E-state index is 0. The predicted molar refractivity (Wildman–Crippen MR) is 118 cm³/mol. The van der Waals surface area contributed by atoms with Crippen molar-refractivity contribution in [3.63, 3.8) is 0 Å². The Hall–Kier alpha value is -1.41. The van der Waals surface area contributed by atoms with Gasteiger partial charge in [0, 0.05) is 38.3 Å². The molecule has 0 spiro atoms. The lowest BCUT2D eigenvalue weighted by molar-refractivity contribution is -0.132. The van der Waals surface area contributed by atoms with Crippen molar-refractivity contribution in [2.45, 2.75) is 20.3 Å². The van der Waals surface area contributed by atoms with Crippen LogP contribution in [0.5, 0.6) is 0 Å². The highest BCUT2D eigenvalue weighted by Crippen LogP contribution is 2.28. The standard InChI is InChI=1S/C20H29FN4O2.2ClH/c1-15(26)16-3-4-18(17(21)11-16)24-7-9-25(10-8-24)19(27)12-23-6-5-20(2,13-22)14-23;;/h3-4,11H,5-10,12-14,22H2,1-2H3;2*1H. The summed E-state index contributed by atoms with van der Waals surface area (Å²) in [6.07, 6.45) is 1.03. The van der Waals surface area contributed by atoms with Gasteiger partial charge in [-0.3, -0.25) is 14.5 Å².